The van der Waals surface area contributed by atoms with Crippen LogP contribution in [0, 0.1) is 0 Å². The Bertz CT molecular complexity index is 490. The number of nitrogens with zero attached hydrogens (tertiary/aromatic N) is 2. The second-order valence-corrected chi connectivity index (χ2v) is 4.30. The number of aliphatic carboxylic acids is 2. The predicted molar refractivity (Wildman–Crippen MR) is 67.2 cm³/mol. The summed E-state index contributed by atoms with van der Waals surface area (Å²) in [6, 6.07) is 3.02. The number of carboxylic acids is 2. The Hall–Kier alpha value is -2.09. The number of pyridine rings is 1. The molecule has 7 nitrogen and oxygen atoms in total. The first kappa shape index (κ1) is 15.0. The molecule has 102 valence electrons. The van der Waals surface area contributed by atoms with Gasteiger partial charge in [-0.05, 0) is 18.4 Å². The highest BCUT2D eigenvalue weighted by atomic mass is 32.2. The van der Waals surface area contributed by atoms with Crippen molar-refractivity contribution in [3.63, 3.8) is 0 Å². The number of carbonyl (C=O) groups excluding carboxylic acids is 1. The van der Waals surface area contributed by atoms with Gasteiger partial charge in [-0.3, -0.25) is 14.4 Å². The standard InChI is InChI=1S/C11H12N2O5S/c1-19-10-7(3-2-4-12-10)11(18)13(5-8(14)15)6-9(16)17/h2-4H,5-6H2,1H3,(H,14,15)(H,16,17). The fourth-order valence-electron chi connectivity index (χ4n) is 1.41. The molecule has 1 rings (SSSR count). The average molecular weight is 284 g/mol. The van der Waals surface area contributed by atoms with Crippen molar-refractivity contribution in [1.82, 2.24) is 9.88 Å². The van der Waals surface area contributed by atoms with E-state index >= 15 is 0 Å². The van der Waals surface area contributed by atoms with Crippen LogP contribution in [0.5, 0.6) is 0 Å². The van der Waals surface area contributed by atoms with Crippen LogP contribution in [0.4, 0.5) is 0 Å². The zero-order valence-electron chi connectivity index (χ0n) is 10.1. The van der Waals surface area contributed by atoms with E-state index in [0.717, 1.165) is 4.90 Å². The highest BCUT2D eigenvalue weighted by Crippen LogP contribution is 2.18. The Morgan fingerprint density at radius 3 is 2.32 bits per heavy atom. The van der Waals surface area contributed by atoms with Crippen LogP contribution in [0.3, 0.4) is 0 Å². The first-order chi connectivity index (χ1) is 8.95. The molecule has 0 bridgehead atoms. The maximum Gasteiger partial charge on any atom is 0.323 e. The van der Waals surface area contributed by atoms with Crippen LogP contribution in [0.15, 0.2) is 23.4 Å². The Morgan fingerprint density at radius 1 is 1.26 bits per heavy atom. The number of carboxylic acid groups (broad SMARTS) is 2. The molecule has 1 heterocycles. The first-order valence-corrected chi connectivity index (χ1v) is 6.40. The van der Waals surface area contributed by atoms with Gasteiger partial charge in [-0.1, -0.05) is 0 Å². The summed E-state index contributed by atoms with van der Waals surface area (Å²) in [7, 11) is 0. The maximum absolute atomic E-state index is 12.1. The Morgan fingerprint density at radius 2 is 1.84 bits per heavy atom. The van der Waals surface area contributed by atoms with Crippen LogP contribution in [-0.2, 0) is 9.59 Å². The lowest BCUT2D eigenvalue weighted by Crippen LogP contribution is -2.39. The molecule has 0 aliphatic heterocycles. The van der Waals surface area contributed by atoms with Crippen molar-refractivity contribution in [2.24, 2.45) is 0 Å². The normalized spacial score (nSPS) is 9.95. The van der Waals surface area contributed by atoms with Crippen LogP contribution in [0.2, 0.25) is 0 Å². The molecule has 0 atom stereocenters. The summed E-state index contributed by atoms with van der Waals surface area (Å²) in [5.41, 5.74) is 0.192. The second kappa shape index (κ2) is 6.74. The number of amides is 1. The van der Waals surface area contributed by atoms with Crippen LogP contribution in [0.25, 0.3) is 0 Å². The van der Waals surface area contributed by atoms with Crippen LogP contribution >= 0.6 is 11.8 Å². The molecule has 0 spiro atoms. The number of carbonyl (C=O) groups is 3. The molecule has 0 fully saturated rings. The summed E-state index contributed by atoms with van der Waals surface area (Å²) in [6.45, 7) is -1.35. The molecule has 1 aromatic heterocycles. The van der Waals surface area contributed by atoms with Gasteiger partial charge in [-0.25, -0.2) is 4.98 Å². The molecule has 0 saturated heterocycles. The Kier molecular flexibility index (Phi) is 5.31. The van der Waals surface area contributed by atoms with Gasteiger partial charge in [0.25, 0.3) is 5.91 Å². The molecule has 0 radical (unpaired) electrons. The van der Waals surface area contributed by atoms with Crippen molar-refractivity contribution in [3.8, 4) is 0 Å². The van der Waals surface area contributed by atoms with E-state index in [1.807, 2.05) is 0 Å². The third-order valence-corrected chi connectivity index (χ3v) is 2.85. The molecule has 0 aliphatic rings. The summed E-state index contributed by atoms with van der Waals surface area (Å²) in [6.07, 6.45) is 3.22. The van der Waals surface area contributed by atoms with E-state index in [0.29, 0.717) is 5.03 Å². The summed E-state index contributed by atoms with van der Waals surface area (Å²) in [4.78, 5) is 38.2. The molecule has 1 aromatic rings. The highest BCUT2D eigenvalue weighted by Gasteiger charge is 2.23. The van der Waals surface area contributed by atoms with Gasteiger partial charge in [-0.15, -0.1) is 11.8 Å². The summed E-state index contributed by atoms with van der Waals surface area (Å²) in [5, 5.41) is 17.8. The minimum absolute atomic E-state index is 0.192. The Balaban J connectivity index is 3.04. The highest BCUT2D eigenvalue weighted by molar-refractivity contribution is 7.98. The van der Waals surface area contributed by atoms with E-state index in [2.05, 4.69) is 4.98 Å². The van der Waals surface area contributed by atoms with Gasteiger partial charge in [0.05, 0.1) is 5.56 Å². The molecular weight excluding hydrogens is 272 g/mol. The SMILES string of the molecule is CSc1ncccc1C(=O)N(CC(=O)O)CC(=O)O. The van der Waals surface area contributed by atoms with Gasteiger partial charge in [0.15, 0.2) is 0 Å². The van der Waals surface area contributed by atoms with Gasteiger partial charge in [0.1, 0.15) is 18.1 Å². The lowest BCUT2D eigenvalue weighted by atomic mass is 10.2. The van der Waals surface area contributed by atoms with Crippen molar-refractivity contribution in [2.75, 3.05) is 19.3 Å². The molecular formula is C11H12N2O5S. The van der Waals surface area contributed by atoms with Crippen molar-refractivity contribution < 1.29 is 24.6 Å². The van der Waals surface area contributed by atoms with Gasteiger partial charge >= 0.3 is 11.9 Å². The monoisotopic (exact) mass is 284 g/mol. The molecule has 8 heteroatoms. The first-order valence-electron chi connectivity index (χ1n) is 5.17. The fraction of sp³-hybridized carbons (Fsp3) is 0.273. The summed E-state index contributed by atoms with van der Waals surface area (Å²) in [5.74, 6) is -3.21. The van der Waals surface area contributed by atoms with Gasteiger partial charge in [0, 0.05) is 6.20 Å². The zero-order valence-corrected chi connectivity index (χ0v) is 10.9. The van der Waals surface area contributed by atoms with Crippen LogP contribution < -0.4 is 0 Å². The lowest BCUT2D eigenvalue weighted by molar-refractivity contribution is -0.140. The Labute approximate surface area is 113 Å². The minimum Gasteiger partial charge on any atom is -0.480 e. The lowest BCUT2D eigenvalue weighted by Gasteiger charge is -2.19. The number of hydrogen-bond donors (Lipinski definition) is 2. The summed E-state index contributed by atoms with van der Waals surface area (Å²) >= 11 is 1.23. The van der Waals surface area contributed by atoms with Gasteiger partial charge in [-0.2, -0.15) is 0 Å². The smallest absolute Gasteiger partial charge is 0.323 e. The van der Waals surface area contributed by atoms with Gasteiger partial charge in [0.2, 0.25) is 0 Å². The molecule has 0 unspecified atom stereocenters. The van der Waals surface area contributed by atoms with E-state index in [1.54, 1.807) is 6.26 Å². The number of aromatic nitrogens is 1. The third-order valence-electron chi connectivity index (χ3n) is 2.13. The van der Waals surface area contributed by atoms with Crippen molar-refractivity contribution >= 4 is 29.6 Å². The average Bonchev–Trinajstić information content (AvgIpc) is 2.36. The fourth-order valence-corrected chi connectivity index (χ4v) is 1.95. The topological polar surface area (TPSA) is 108 Å². The van der Waals surface area contributed by atoms with Crippen LogP contribution in [-0.4, -0.2) is 57.3 Å². The van der Waals surface area contributed by atoms with Crippen molar-refractivity contribution in [1.29, 1.82) is 0 Å². The molecule has 0 saturated carbocycles. The second-order valence-electron chi connectivity index (χ2n) is 3.51. The van der Waals surface area contributed by atoms with Crippen molar-refractivity contribution in [3.05, 3.63) is 23.9 Å². The molecule has 0 aromatic carbocycles. The zero-order chi connectivity index (χ0) is 14.4. The van der Waals surface area contributed by atoms with Crippen molar-refractivity contribution in [2.45, 2.75) is 5.03 Å². The van der Waals surface area contributed by atoms with E-state index in [4.69, 9.17) is 10.2 Å². The van der Waals surface area contributed by atoms with E-state index in [1.165, 1.54) is 30.1 Å². The summed E-state index contributed by atoms with van der Waals surface area (Å²) < 4.78 is 0. The molecule has 1 amide bonds. The molecule has 19 heavy (non-hydrogen) atoms. The number of hydrogen-bond acceptors (Lipinski definition) is 5. The van der Waals surface area contributed by atoms with Gasteiger partial charge < -0.3 is 15.1 Å². The number of rotatable bonds is 6. The minimum atomic E-state index is -1.27. The maximum atomic E-state index is 12.1. The number of thioether (sulfide) groups is 1. The predicted octanol–water partition coefficient (Wildman–Crippen LogP) is 0.415. The third kappa shape index (κ3) is 4.25. The van der Waals surface area contributed by atoms with E-state index < -0.39 is 30.9 Å². The van der Waals surface area contributed by atoms with Crippen LogP contribution in [0.1, 0.15) is 10.4 Å². The van der Waals surface area contributed by atoms with E-state index in [-0.39, 0.29) is 5.56 Å². The van der Waals surface area contributed by atoms with E-state index in [9.17, 15) is 14.4 Å². The molecule has 0 aliphatic carbocycles. The quantitative estimate of drug-likeness (QED) is 0.728. The molecule has 2 N–H and O–H groups in total. The largest absolute Gasteiger partial charge is 0.480 e.